The molecule has 0 unspecified atom stereocenters. The molecule has 0 aliphatic carbocycles. The molecule has 0 aliphatic heterocycles. The number of carbonyl (C=O) groups excluding carboxylic acids is 1. The van der Waals surface area contributed by atoms with Crippen molar-refractivity contribution < 1.29 is 9.53 Å². The molecule has 0 aromatic heterocycles. The van der Waals surface area contributed by atoms with Crippen molar-refractivity contribution >= 4 is 11.6 Å². The third-order valence-electron chi connectivity index (χ3n) is 2.91. The molecule has 2 aromatic rings. The summed E-state index contributed by atoms with van der Waals surface area (Å²) >= 11 is 0. The molecule has 5 nitrogen and oxygen atoms in total. The molecule has 110 valence electrons. The predicted octanol–water partition coefficient (Wildman–Crippen LogP) is 2.48. The second-order valence-electron chi connectivity index (χ2n) is 4.49. The number of amides is 1. The van der Waals surface area contributed by atoms with Crippen LogP contribution in [0.2, 0.25) is 0 Å². The Hall–Kier alpha value is -3.13. The van der Waals surface area contributed by atoms with Gasteiger partial charge in [0.1, 0.15) is 11.8 Å². The lowest BCUT2D eigenvalue weighted by Crippen LogP contribution is -2.25. The predicted molar refractivity (Wildman–Crippen MR) is 83.4 cm³/mol. The van der Waals surface area contributed by atoms with E-state index in [4.69, 9.17) is 10.00 Å². The number of carbonyl (C=O) groups is 1. The zero-order valence-electron chi connectivity index (χ0n) is 12.1. The second-order valence-corrected chi connectivity index (χ2v) is 4.49. The van der Waals surface area contributed by atoms with E-state index in [2.05, 4.69) is 10.5 Å². The van der Waals surface area contributed by atoms with Gasteiger partial charge in [-0.2, -0.15) is 10.4 Å². The normalized spacial score (nSPS) is 10.6. The van der Waals surface area contributed by atoms with Crippen molar-refractivity contribution in [3.8, 4) is 11.8 Å². The Morgan fingerprint density at radius 3 is 2.59 bits per heavy atom. The van der Waals surface area contributed by atoms with Crippen LogP contribution >= 0.6 is 0 Å². The smallest absolute Gasteiger partial charge is 0.277 e. The Bertz CT molecular complexity index is 718. The number of nitrogens with zero attached hydrogens (tertiary/aromatic N) is 2. The number of nitrogens with one attached hydrogen (secondary N) is 1. The molecule has 1 amide bonds. The van der Waals surface area contributed by atoms with Crippen molar-refractivity contribution in [1.29, 1.82) is 5.26 Å². The number of hydrogen-bond donors (Lipinski definition) is 1. The van der Waals surface area contributed by atoms with Gasteiger partial charge >= 0.3 is 0 Å². The highest BCUT2D eigenvalue weighted by Crippen LogP contribution is 2.16. The molecule has 0 spiro atoms. The van der Waals surface area contributed by atoms with Gasteiger partial charge in [-0.3, -0.25) is 4.79 Å². The van der Waals surface area contributed by atoms with Crippen LogP contribution in [0.15, 0.2) is 59.7 Å². The van der Waals surface area contributed by atoms with E-state index in [-0.39, 0.29) is 12.5 Å². The van der Waals surface area contributed by atoms with E-state index in [0.29, 0.717) is 17.0 Å². The van der Waals surface area contributed by atoms with E-state index in [1.54, 1.807) is 31.2 Å². The first-order valence-electron chi connectivity index (χ1n) is 6.71. The lowest BCUT2D eigenvalue weighted by Gasteiger charge is -2.07. The van der Waals surface area contributed by atoms with Gasteiger partial charge in [-0.05, 0) is 24.6 Å². The van der Waals surface area contributed by atoms with Crippen molar-refractivity contribution in [2.45, 2.75) is 6.92 Å². The number of ether oxygens (including phenoxy) is 1. The molecule has 0 aliphatic rings. The maximum Gasteiger partial charge on any atom is 0.277 e. The van der Waals surface area contributed by atoms with Crippen molar-refractivity contribution in [3.63, 3.8) is 0 Å². The van der Waals surface area contributed by atoms with Crippen LogP contribution < -0.4 is 10.2 Å². The number of hydrogen-bond acceptors (Lipinski definition) is 4. The quantitative estimate of drug-likeness (QED) is 0.679. The third-order valence-corrected chi connectivity index (χ3v) is 2.91. The van der Waals surface area contributed by atoms with Crippen LogP contribution in [0.1, 0.15) is 18.1 Å². The molecule has 0 atom stereocenters. The van der Waals surface area contributed by atoms with Crippen LogP contribution in [0.5, 0.6) is 5.75 Å². The second kappa shape index (κ2) is 7.60. The lowest BCUT2D eigenvalue weighted by atomic mass is 10.1. The van der Waals surface area contributed by atoms with E-state index in [1.165, 1.54) is 0 Å². The Balaban J connectivity index is 1.90. The molecule has 1 N–H and O–H groups in total. The summed E-state index contributed by atoms with van der Waals surface area (Å²) in [6, 6.07) is 18.3. The van der Waals surface area contributed by atoms with Gasteiger partial charge in [-0.25, -0.2) is 5.43 Å². The highest BCUT2D eigenvalue weighted by Gasteiger charge is 2.06. The van der Waals surface area contributed by atoms with E-state index in [1.807, 2.05) is 36.4 Å². The Morgan fingerprint density at radius 2 is 1.86 bits per heavy atom. The van der Waals surface area contributed by atoms with Crippen LogP contribution in [0.4, 0.5) is 0 Å². The van der Waals surface area contributed by atoms with Gasteiger partial charge in [0.2, 0.25) is 0 Å². The van der Waals surface area contributed by atoms with Gasteiger partial charge in [0.05, 0.1) is 11.3 Å². The summed E-state index contributed by atoms with van der Waals surface area (Å²) in [5.74, 6) is -0.00747. The summed E-state index contributed by atoms with van der Waals surface area (Å²) in [5.41, 5.74) is 4.45. The molecule has 0 heterocycles. The highest BCUT2D eigenvalue weighted by atomic mass is 16.5. The molecule has 2 aromatic carbocycles. The number of nitriles is 1. The highest BCUT2D eigenvalue weighted by molar-refractivity contribution is 5.99. The van der Waals surface area contributed by atoms with E-state index >= 15 is 0 Å². The number of rotatable bonds is 5. The SMILES string of the molecule is CC(=NNC(=O)COc1ccccc1C#N)c1ccccc1. The first-order chi connectivity index (χ1) is 10.7. The minimum Gasteiger partial charge on any atom is -0.482 e. The third kappa shape index (κ3) is 4.18. The maximum atomic E-state index is 11.7. The van der Waals surface area contributed by atoms with Crippen LogP contribution in [0, 0.1) is 11.3 Å². The van der Waals surface area contributed by atoms with Gasteiger partial charge in [0.15, 0.2) is 6.61 Å². The molecule has 0 saturated carbocycles. The maximum absolute atomic E-state index is 11.7. The van der Waals surface area contributed by atoms with E-state index < -0.39 is 0 Å². The molecule has 0 radical (unpaired) electrons. The van der Waals surface area contributed by atoms with Crippen LogP contribution in [-0.4, -0.2) is 18.2 Å². The Kier molecular flexibility index (Phi) is 5.27. The minimum atomic E-state index is -0.386. The van der Waals surface area contributed by atoms with Gasteiger partial charge < -0.3 is 4.74 Å². The molecule has 22 heavy (non-hydrogen) atoms. The summed E-state index contributed by atoms with van der Waals surface area (Å²) in [6.07, 6.45) is 0. The largest absolute Gasteiger partial charge is 0.482 e. The summed E-state index contributed by atoms with van der Waals surface area (Å²) in [6.45, 7) is 1.60. The molecular formula is C17H15N3O2. The number of hydrazone groups is 1. The molecule has 0 fully saturated rings. The van der Waals surface area contributed by atoms with Gasteiger partial charge in [0, 0.05) is 0 Å². The van der Waals surface area contributed by atoms with E-state index in [9.17, 15) is 4.79 Å². The fourth-order valence-electron chi connectivity index (χ4n) is 1.75. The van der Waals surface area contributed by atoms with Crippen LogP contribution in [0.3, 0.4) is 0 Å². The Labute approximate surface area is 128 Å². The monoisotopic (exact) mass is 293 g/mol. The topological polar surface area (TPSA) is 74.5 Å². The molecule has 0 bridgehead atoms. The number of para-hydroxylation sites is 1. The van der Waals surface area contributed by atoms with Crippen molar-refractivity contribution in [2.24, 2.45) is 5.10 Å². The van der Waals surface area contributed by atoms with Crippen LogP contribution in [0.25, 0.3) is 0 Å². The van der Waals surface area contributed by atoms with Gasteiger partial charge in [-0.1, -0.05) is 42.5 Å². The first kappa shape index (κ1) is 15.3. The van der Waals surface area contributed by atoms with Gasteiger partial charge in [0.25, 0.3) is 5.91 Å². The zero-order chi connectivity index (χ0) is 15.8. The zero-order valence-corrected chi connectivity index (χ0v) is 12.1. The van der Waals surface area contributed by atoms with Crippen LogP contribution in [-0.2, 0) is 4.79 Å². The van der Waals surface area contributed by atoms with Crippen molar-refractivity contribution in [1.82, 2.24) is 5.43 Å². The number of benzene rings is 2. The molecule has 2 rings (SSSR count). The standard InChI is InChI=1S/C17H15N3O2/c1-13(14-7-3-2-4-8-14)19-20-17(21)12-22-16-10-6-5-9-15(16)11-18/h2-10H,12H2,1H3,(H,20,21). The molecule has 5 heteroatoms. The lowest BCUT2D eigenvalue weighted by molar-refractivity contribution is -0.123. The summed E-state index contributed by atoms with van der Waals surface area (Å²) < 4.78 is 5.32. The van der Waals surface area contributed by atoms with Gasteiger partial charge in [-0.15, -0.1) is 0 Å². The average Bonchev–Trinajstić information content (AvgIpc) is 2.58. The first-order valence-corrected chi connectivity index (χ1v) is 6.71. The minimum absolute atomic E-state index is 0.204. The van der Waals surface area contributed by atoms with E-state index in [0.717, 1.165) is 5.56 Å². The fourth-order valence-corrected chi connectivity index (χ4v) is 1.75. The Morgan fingerprint density at radius 1 is 1.18 bits per heavy atom. The summed E-state index contributed by atoms with van der Waals surface area (Å²) in [7, 11) is 0. The van der Waals surface area contributed by atoms with Crippen molar-refractivity contribution in [2.75, 3.05) is 6.61 Å². The fraction of sp³-hybridized carbons (Fsp3) is 0.118. The average molecular weight is 293 g/mol. The molecule has 0 saturated heterocycles. The van der Waals surface area contributed by atoms with Crippen molar-refractivity contribution in [3.05, 3.63) is 65.7 Å². The summed E-state index contributed by atoms with van der Waals surface area (Å²) in [4.78, 5) is 11.7. The molecular weight excluding hydrogens is 278 g/mol. The summed E-state index contributed by atoms with van der Waals surface area (Å²) in [5, 5.41) is 13.0.